The van der Waals surface area contributed by atoms with Gasteiger partial charge in [-0.1, -0.05) is 6.07 Å². The Labute approximate surface area is 117 Å². The molecule has 0 radical (unpaired) electrons. The third kappa shape index (κ3) is 3.08. The monoisotopic (exact) mass is 276 g/mol. The Balaban J connectivity index is 2.05. The van der Waals surface area contributed by atoms with Gasteiger partial charge in [-0.3, -0.25) is 4.79 Å². The zero-order chi connectivity index (χ0) is 14.7. The summed E-state index contributed by atoms with van der Waals surface area (Å²) in [5, 5.41) is 3.19. The van der Waals surface area contributed by atoms with Crippen molar-refractivity contribution in [1.29, 1.82) is 0 Å². The second-order valence-electron chi connectivity index (χ2n) is 4.89. The minimum Gasteiger partial charge on any atom is -0.345 e. The number of aromatic nitrogens is 2. The van der Waals surface area contributed by atoms with Gasteiger partial charge in [0.25, 0.3) is 0 Å². The highest BCUT2D eigenvalue weighted by atomic mass is 16.2. The molecular formula is C14H20N4O2. The molecule has 0 saturated carbocycles. The van der Waals surface area contributed by atoms with Crippen molar-refractivity contribution in [2.75, 3.05) is 20.1 Å². The van der Waals surface area contributed by atoms with E-state index in [2.05, 4.69) is 15.3 Å². The maximum Gasteiger partial charge on any atom is 0.323 e. The fourth-order valence-electron chi connectivity index (χ4n) is 1.99. The molecule has 2 aromatic rings. The largest absolute Gasteiger partial charge is 0.345 e. The van der Waals surface area contributed by atoms with Crippen LogP contribution in [0.25, 0.3) is 11.0 Å². The smallest absolute Gasteiger partial charge is 0.323 e. The first kappa shape index (κ1) is 14.3. The van der Waals surface area contributed by atoms with Crippen LogP contribution in [0.15, 0.2) is 23.0 Å². The molecule has 1 amide bonds. The molecule has 1 heterocycles. The summed E-state index contributed by atoms with van der Waals surface area (Å²) in [4.78, 5) is 30.1. The molecule has 0 fully saturated rings. The number of nitrogens with zero attached hydrogens (tertiary/aromatic N) is 1. The SMILES string of the molecule is CCN(C)C(=O)CNC(C)c1ccc2[nH]c(=O)[nH]c2c1. The Morgan fingerprint density at radius 3 is 2.75 bits per heavy atom. The van der Waals surface area contributed by atoms with Crippen LogP contribution in [0.2, 0.25) is 0 Å². The zero-order valence-electron chi connectivity index (χ0n) is 12.0. The third-order valence-electron chi connectivity index (χ3n) is 3.50. The molecule has 1 atom stereocenters. The molecule has 0 aliphatic rings. The van der Waals surface area contributed by atoms with Gasteiger partial charge < -0.3 is 20.2 Å². The van der Waals surface area contributed by atoms with Gasteiger partial charge >= 0.3 is 5.69 Å². The predicted molar refractivity (Wildman–Crippen MR) is 78.6 cm³/mol. The number of hydrogen-bond donors (Lipinski definition) is 3. The number of H-pyrrole nitrogens is 2. The highest BCUT2D eigenvalue weighted by molar-refractivity contribution is 5.78. The summed E-state index contributed by atoms with van der Waals surface area (Å²) >= 11 is 0. The quantitative estimate of drug-likeness (QED) is 0.761. The summed E-state index contributed by atoms with van der Waals surface area (Å²) in [6.45, 7) is 4.93. The minimum atomic E-state index is -0.211. The van der Waals surface area contributed by atoms with E-state index in [0.717, 1.165) is 16.6 Å². The Kier molecular flexibility index (Phi) is 4.24. The molecule has 2 rings (SSSR count). The number of nitrogens with one attached hydrogen (secondary N) is 3. The van der Waals surface area contributed by atoms with Gasteiger partial charge in [0.05, 0.1) is 17.6 Å². The van der Waals surface area contributed by atoms with Crippen molar-refractivity contribution in [3.63, 3.8) is 0 Å². The topological polar surface area (TPSA) is 81.0 Å². The van der Waals surface area contributed by atoms with Crippen molar-refractivity contribution in [1.82, 2.24) is 20.2 Å². The Morgan fingerprint density at radius 2 is 2.05 bits per heavy atom. The van der Waals surface area contributed by atoms with E-state index in [-0.39, 0.29) is 17.6 Å². The van der Waals surface area contributed by atoms with E-state index in [4.69, 9.17) is 0 Å². The lowest BCUT2D eigenvalue weighted by Crippen LogP contribution is -2.36. The summed E-state index contributed by atoms with van der Waals surface area (Å²) in [6.07, 6.45) is 0. The molecule has 3 N–H and O–H groups in total. The number of benzene rings is 1. The molecule has 0 aliphatic carbocycles. The van der Waals surface area contributed by atoms with Crippen LogP contribution in [0.3, 0.4) is 0 Å². The molecule has 6 heteroatoms. The predicted octanol–water partition coefficient (Wildman–Crippen LogP) is 0.985. The summed E-state index contributed by atoms with van der Waals surface area (Å²) in [5.74, 6) is 0.0653. The van der Waals surface area contributed by atoms with E-state index in [9.17, 15) is 9.59 Å². The maximum atomic E-state index is 11.7. The van der Waals surface area contributed by atoms with Gasteiger partial charge in [-0.25, -0.2) is 4.79 Å². The van der Waals surface area contributed by atoms with Crippen LogP contribution in [-0.2, 0) is 4.79 Å². The van der Waals surface area contributed by atoms with Crippen LogP contribution in [0, 0.1) is 0 Å². The normalized spacial score (nSPS) is 12.6. The van der Waals surface area contributed by atoms with Gasteiger partial charge in [0.1, 0.15) is 0 Å². The average Bonchev–Trinajstić information content (AvgIpc) is 2.82. The molecule has 1 aromatic heterocycles. The van der Waals surface area contributed by atoms with E-state index in [1.54, 1.807) is 11.9 Å². The van der Waals surface area contributed by atoms with Crippen molar-refractivity contribution < 1.29 is 4.79 Å². The summed E-state index contributed by atoms with van der Waals surface area (Å²) in [7, 11) is 1.78. The summed E-state index contributed by atoms with van der Waals surface area (Å²) in [6, 6.07) is 5.75. The number of rotatable bonds is 5. The molecule has 0 spiro atoms. The lowest BCUT2D eigenvalue weighted by molar-refractivity contribution is -0.128. The molecule has 1 unspecified atom stereocenters. The van der Waals surface area contributed by atoms with E-state index in [1.807, 2.05) is 32.0 Å². The molecule has 20 heavy (non-hydrogen) atoms. The van der Waals surface area contributed by atoms with Gasteiger partial charge in [-0.05, 0) is 31.5 Å². The Bertz CT molecular complexity index is 658. The van der Waals surface area contributed by atoms with Crippen LogP contribution in [-0.4, -0.2) is 40.9 Å². The maximum absolute atomic E-state index is 11.7. The number of hydrogen-bond acceptors (Lipinski definition) is 3. The number of amides is 1. The Hall–Kier alpha value is -2.08. The fraction of sp³-hybridized carbons (Fsp3) is 0.429. The van der Waals surface area contributed by atoms with E-state index < -0.39 is 0 Å². The zero-order valence-corrected chi connectivity index (χ0v) is 12.0. The van der Waals surface area contributed by atoms with Crippen molar-refractivity contribution >= 4 is 16.9 Å². The first-order chi connectivity index (χ1) is 9.51. The molecule has 6 nitrogen and oxygen atoms in total. The van der Waals surface area contributed by atoms with E-state index in [0.29, 0.717) is 13.1 Å². The number of fused-ring (bicyclic) bond motifs is 1. The first-order valence-corrected chi connectivity index (χ1v) is 6.70. The molecule has 0 saturated heterocycles. The lowest BCUT2D eigenvalue weighted by Gasteiger charge is -2.18. The Morgan fingerprint density at radius 1 is 1.35 bits per heavy atom. The number of imidazole rings is 1. The van der Waals surface area contributed by atoms with Gasteiger partial charge in [0.15, 0.2) is 0 Å². The van der Waals surface area contributed by atoms with Gasteiger partial charge in [-0.15, -0.1) is 0 Å². The van der Waals surface area contributed by atoms with Crippen molar-refractivity contribution in [3.05, 3.63) is 34.2 Å². The lowest BCUT2D eigenvalue weighted by atomic mass is 10.1. The number of carbonyl (C=O) groups is 1. The first-order valence-electron chi connectivity index (χ1n) is 6.70. The van der Waals surface area contributed by atoms with Crippen LogP contribution in [0.5, 0.6) is 0 Å². The van der Waals surface area contributed by atoms with Crippen LogP contribution < -0.4 is 11.0 Å². The highest BCUT2D eigenvalue weighted by Gasteiger charge is 2.11. The summed E-state index contributed by atoms with van der Waals surface area (Å²) < 4.78 is 0. The number of carbonyl (C=O) groups excluding carboxylic acids is 1. The minimum absolute atomic E-state index is 0.0343. The second-order valence-corrected chi connectivity index (χ2v) is 4.89. The standard InChI is InChI=1S/C14H20N4O2/c1-4-18(3)13(19)8-15-9(2)10-5-6-11-12(7-10)17-14(20)16-11/h5-7,9,15H,4,8H2,1-3H3,(H2,16,17,20). The average molecular weight is 276 g/mol. The molecule has 108 valence electrons. The van der Waals surface area contributed by atoms with Gasteiger partial charge in [0.2, 0.25) is 5.91 Å². The fourth-order valence-corrected chi connectivity index (χ4v) is 1.99. The number of aromatic amines is 2. The van der Waals surface area contributed by atoms with Crippen LogP contribution >= 0.6 is 0 Å². The van der Waals surface area contributed by atoms with Crippen LogP contribution in [0.4, 0.5) is 0 Å². The molecule has 1 aromatic carbocycles. The number of likely N-dealkylation sites (N-methyl/N-ethyl adjacent to an activating group) is 1. The van der Waals surface area contributed by atoms with Gasteiger partial charge in [0, 0.05) is 19.6 Å². The summed E-state index contributed by atoms with van der Waals surface area (Å²) in [5.41, 5.74) is 2.38. The van der Waals surface area contributed by atoms with Crippen molar-refractivity contribution in [3.8, 4) is 0 Å². The van der Waals surface area contributed by atoms with Gasteiger partial charge in [-0.2, -0.15) is 0 Å². The second kappa shape index (κ2) is 5.92. The van der Waals surface area contributed by atoms with Crippen molar-refractivity contribution in [2.24, 2.45) is 0 Å². The van der Waals surface area contributed by atoms with Crippen LogP contribution in [0.1, 0.15) is 25.5 Å². The molecular weight excluding hydrogens is 256 g/mol. The van der Waals surface area contributed by atoms with Crippen molar-refractivity contribution in [2.45, 2.75) is 19.9 Å². The van der Waals surface area contributed by atoms with E-state index >= 15 is 0 Å². The highest BCUT2D eigenvalue weighted by Crippen LogP contribution is 2.16. The third-order valence-corrected chi connectivity index (χ3v) is 3.50. The molecule has 0 bridgehead atoms. The molecule has 0 aliphatic heterocycles. The van der Waals surface area contributed by atoms with E-state index in [1.165, 1.54) is 0 Å².